The summed E-state index contributed by atoms with van der Waals surface area (Å²) in [6.07, 6.45) is 1.60. The lowest BCUT2D eigenvalue weighted by Crippen LogP contribution is -2.15. The molecular weight excluding hydrogens is 376 g/mol. The molecule has 0 atom stereocenters. The van der Waals surface area contributed by atoms with E-state index in [-0.39, 0.29) is 16.6 Å². The van der Waals surface area contributed by atoms with Crippen molar-refractivity contribution in [2.75, 3.05) is 22.0 Å². The van der Waals surface area contributed by atoms with Gasteiger partial charge in [0.05, 0.1) is 16.8 Å². The van der Waals surface area contributed by atoms with Crippen LogP contribution in [0.4, 0.5) is 22.9 Å². The fourth-order valence-corrected chi connectivity index (χ4v) is 3.57. The number of aromatic nitrogens is 1. The van der Waals surface area contributed by atoms with Crippen molar-refractivity contribution in [3.63, 3.8) is 0 Å². The van der Waals surface area contributed by atoms with Crippen LogP contribution in [0.3, 0.4) is 0 Å². The monoisotopic (exact) mass is 396 g/mol. The Bertz CT molecular complexity index is 1050. The van der Waals surface area contributed by atoms with E-state index in [1.54, 1.807) is 18.3 Å². The van der Waals surface area contributed by atoms with Crippen molar-refractivity contribution in [2.24, 2.45) is 0 Å². The molecule has 0 aliphatic rings. The molecule has 3 rings (SSSR count). The molecule has 1 heterocycles. The van der Waals surface area contributed by atoms with Crippen molar-refractivity contribution >= 4 is 38.8 Å². The number of hydrogen-bond acceptors (Lipinski definition) is 5. The normalized spacial score (nSPS) is 10.9. The lowest BCUT2D eigenvalue weighted by molar-refractivity contribution is -0.114. The van der Waals surface area contributed by atoms with E-state index in [1.165, 1.54) is 31.2 Å². The molecule has 0 bridgehead atoms. The van der Waals surface area contributed by atoms with E-state index in [0.29, 0.717) is 5.69 Å². The number of carbonyl (C=O) groups excluding carboxylic acids is 1. The predicted molar refractivity (Wildman–Crippen MR) is 110 cm³/mol. The maximum atomic E-state index is 12.5. The lowest BCUT2D eigenvalue weighted by atomic mass is 10.3. The first-order valence-corrected chi connectivity index (χ1v) is 9.99. The van der Waals surface area contributed by atoms with Gasteiger partial charge in [-0.25, -0.2) is 13.4 Å². The first kappa shape index (κ1) is 19.4. The highest BCUT2D eigenvalue weighted by Gasteiger charge is 2.15. The summed E-state index contributed by atoms with van der Waals surface area (Å²) >= 11 is 0. The summed E-state index contributed by atoms with van der Waals surface area (Å²) in [5.74, 6) is -0.00496. The second-order valence-corrected chi connectivity index (χ2v) is 7.79. The molecular formula is C20H20N4O3S. The van der Waals surface area contributed by atoms with Gasteiger partial charge in [0, 0.05) is 25.3 Å². The summed E-state index contributed by atoms with van der Waals surface area (Å²) in [6, 6.07) is 19.1. The molecule has 2 aromatic carbocycles. The van der Waals surface area contributed by atoms with Gasteiger partial charge < -0.3 is 10.2 Å². The number of nitrogens with one attached hydrogen (secondary N) is 2. The van der Waals surface area contributed by atoms with Gasteiger partial charge in [-0.1, -0.05) is 18.2 Å². The molecule has 0 saturated heterocycles. The van der Waals surface area contributed by atoms with E-state index in [2.05, 4.69) is 15.0 Å². The third kappa shape index (κ3) is 4.66. The number of carbonyl (C=O) groups is 1. The van der Waals surface area contributed by atoms with Crippen LogP contribution in [0, 0.1) is 0 Å². The first-order chi connectivity index (χ1) is 13.3. The highest BCUT2D eigenvalue weighted by atomic mass is 32.2. The molecule has 0 spiro atoms. The minimum Gasteiger partial charge on any atom is -0.343 e. The van der Waals surface area contributed by atoms with Gasteiger partial charge in [-0.05, 0) is 48.5 Å². The standard InChI is InChI=1S/C20H20N4O3S/c1-15(25)22-16-8-11-19(12-9-16)28(26,27)23-20-13-10-18(14-21-20)24(2)17-6-4-3-5-7-17/h3-14H,1-2H3,(H,21,23)(H,22,25). The molecule has 0 aliphatic carbocycles. The van der Waals surface area contributed by atoms with E-state index in [9.17, 15) is 13.2 Å². The Morgan fingerprint density at radius 3 is 2.18 bits per heavy atom. The number of sulfonamides is 1. The zero-order valence-electron chi connectivity index (χ0n) is 15.5. The van der Waals surface area contributed by atoms with Crippen molar-refractivity contribution in [1.82, 2.24) is 4.98 Å². The molecule has 1 aromatic heterocycles. The number of anilines is 4. The van der Waals surface area contributed by atoms with E-state index < -0.39 is 10.0 Å². The summed E-state index contributed by atoms with van der Waals surface area (Å²) in [7, 11) is -1.87. The second kappa shape index (κ2) is 8.10. The van der Waals surface area contributed by atoms with Gasteiger partial charge in [0.2, 0.25) is 5.91 Å². The Balaban J connectivity index is 1.73. The van der Waals surface area contributed by atoms with E-state index >= 15 is 0 Å². The highest BCUT2D eigenvalue weighted by Crippen LogP contribution is 2.24. The molecule has 0 fully saturated rings. The van der Waals surface area contributed by atoms with Crippen LogP contribution in [0.2, 0.25) is 0 Å². The van der Waals surface area contributed by atoms with E-state index in [1.807, 2.05) is 42.3 Å². The van der Waals surface area contributed by atoms with Crippen LogP contribution in [-0.2, 0) is 14.8 Å². The van der Waals surface area contributed by atoms with Crippen molar-refractivity contribution in [3.05, 3.63) is 72.9 Å². The van der Waals surface area contributed by atoms with Crippen LogP contribution in [0.5, 0.6) is 0 Å². The van der Waals surface area contributed by atoms with Gasteiger partial charge in [-0.2, -0.15) is 0 Å². The minimum absolute atomic E-state index is 0.0777. The lowest BCUT2D eigenvalue weighted by Gasteiger charge is -2.19. The predicted octanol–water partition coefficient (Wildman–Crippen LogP) is 3.61. The summed E-state index contributed by atoms with van der Waals surface area (Å²) in [5, 5.41) is 2.59. The molecule has 0 aliphatic heterocycles. The third-order valence-electron chi connectivity index (χ3n) is 4.00. The molecule has 7 nitrogen and oxygen atoms in total. The van der Waals surface area contributed by atoms with Crippen LogP contribution in [0.15, 0.2) is 77.8 Å². The van der Waals surface area contributed by atoms with E-state index in [0.717, 1.165) is 11.4 Å². The Labute approximate surface area is 164 Å². The molecule has 0 unspecified atom stereocenters. The molecule has 3 aromatic rings. The van der Waals surface area contributed by atoms with Gasteiger partial charge in [-0.15, -0.1) is 0 Å². The van der Waals surface area contributed by atoms with Crippen LogP contribution in [0.1, 0.15) is 6.92 Å². The molecule has 0 radical (unpaired) electrons. The maximum Gasteiger partial charge on any atom is 0.263 e. The Hall–Kier alpha value is -3.39. The fourth-order valence-electron chi connectivity index (χ4n) is 2.56. The number of rotatable bonds is 6. The first-order valence-electron chi connectivity index (χ1n) is 8.50. The van der Waals surface area contributed by atoms with Crippen molar-refractivity contribution < 1.29 is 13.2 Å². The van der Waals surface area contributed by atoms with Gasteiger partial charge in [-0.3, -0.25) is 9.52 Å². The summed E-state index contributed by atoms with van der Waals surface area (Å²) in [6.45, 7) is 1.39. The molecule has 8 heteroatoms. The van der Waals surface area contributed by atoms with Crippen molar-refractivity contribution in [1.29, 1.82) is 0 Å². The fraction of sp³-hybridized carbons (Fsp3) is 0.100. The zero-order valence-corrected chi connectivity index (χ0v) is 16.3. The van der Waals surface area contributed by atoms with E-state index in [4.69, 9.17) is 0 Å². The molecule has 1 amide bonds. The van der Waals surface area contributed by atoms with Gasteiger partial charge in [0.1, 0.15) is 5.82 Å². The molecule has 0 saturated carbocycles. The second-order valence-electron chi connectivity index (χ2n) is 6.11. The Morgan fingerprint density at radius 1 is 0.929 bits per heavy atom. The minimum atomic E-state index is -3.78. The number of hydrogen-bond donors (Lipinski definition) is 2. The number of pyridine rings is 1. The average molecular weight is 396 g/mol. The van der Waals surface area contributed by atoms with Crippen LogP contribution >= 0.6 is 0 Å². The Kier molecular flexibility index (Phi) is 5.60. The van der Waals surface area contributed by atoms with Crippen LogP contribution < -0.4 is 14.9 Å². The molecule has 2 N–H and O–H groups in total. The maximum absolute atomic E-state index is 12.5. The highest BCUT2D eigenvalue weighted by molar-refractivity contribution is 7.92. The summed E-state index contributed by atoms with van der Waals surface area (Å²) < 4.78 is 27.5. The Morgan fingerprint density at radius 2 is 1.61 bits per heavy atom. The molecule has 144 valence electrons. The van der Waals surface area contributed by atoms with Crippen molar-refractivity contribution in [3.8, 4) is 0 Å². The van der Waals surface area contributed by atoms with Gasteiger partial charge >= 0.3 is 0 Å². The topological polar surface area (TPSA) is 91.4 Å². The summed E-state index contributed by atoms with van der Waals surface area (Å²) in [4.78, 5) is 17.3. The number of amides is 1. The molecule has 28 heavy (non-hydrogen) atoms. The smallest absolute Gasteiger partial charge is 0.263 e. The SMILES string of the molecule is CC(=O)Nc1ccc(S(=O)(=O)Nc2ccc(N(C)c3ccccc3)cn2)cc1. The number of benzene rings is 2. The third-order valence-corrected chi connectivity index (χ3v) is 5.37. The van der Waals surface area contributed by atoms with Crippen molar-refractivity contribution in [2.45, 2.75) is 11.8 Å². The van der Waals surface area contributed by atoms with Crippen LogP contribution in [0.25, 0.3) is 0 Å². The zero-order chi connectivity index (χ0) is 20.1. The number of nitrogens with zero attached hydrogens (tertiary/aromatic N) is 2. The quantitative estimate of drug-likeness (QED) is 0.664. The van der Waals surface area contributed by atoms with Gasteiger partial charge in [0.15, 0.2) is 0 Å². The van der Waals surface area contributed by atoms with Gasteiger partial charge in [0.25, 0.3) is 10.0 Å². The number of para-hydroxylation sites is 1. The van der Waals surface area contributed by atoms with Crippen LogP contribution in [-0.4, -0.2) is 26.4 Å². The average Bonchev–Trinajstić information content (AvgIpc) is 2.68. The largest absolute Gasteiger partial charge is 0.343 e. The summed E-state index contributed by atoms with van der Waals surface area (Å²) in [5.41, 5.74) is 2.35.